The Balaban J connectivity index is 2.40. The molecular formula is C9H16N2O4. The first-order valence-corrected chi connectivity index (χ1v) is 4.95. The highest BCUT2D eigenvalue weighted by molar-refractivity contribution is 5.91. The molecule has 1 aliphatic heterocycles. The highest BCUT2D eigenvalue weighted by atomic mass is 16.6. The molecule has 6 nitrogen and oxygen atoms in total. The topological polar surface area (TPSA) is 102 Å². The molecular weight excluding hydrogens is 200 g/mol. The Morgan fingerprint density at radius 1 is 1.60 bits per heavy atom. The van der Waals surface area contributed by atoms with Gasteiger partial charge in [0, 0.05) is 0 Å². The van der Waals surface area contributed by atoms with Crippen molar-refractivity contribution in [2.75, 3.05) is 6.54 Å². The Bertz CT molecular complexity index is 236. The monoisotopic (exact) mass is 216 g/mol. The van der Waals surface area contributed by atoms with Crippen LogP contribution >= 0.6 is 0 Å². The number of carbonyl (C=O) groups excluding carboxylic acids is 2. The van der Waals surface area contributed by atoms with E-state index in [9.17, 15) is 9.59 Å². The Hall–Kier alpha value is -0.980. The summed E-state index contributed by atoms with van der Waals surface area (Å²) < 4.78 is 4.53. The summed E-state index contributed by atoms with van der Waals surface area (Å²) in [6.07, 6.45) is 0.522. The minimum absolute atomic E-state index is 0.421. The number of nitrogens with one attached hydrogen (secondary N) is 1. The number of hydrogen-bond donors (Lipinski definition) is 3. The van der Waals surface area contributed by atoms with E-state index in [1.807, 2.05) is 0 Å². The van der Waals surface area contributed by atoms with Crippen LogP contribution in [-0.4, -0.2) is 41.8 Å². The van der Waals surface area contributed by atoms with E-state index in [0.717, 1.165) is 13.0 Å². The third-order valence-corrected chi connectivity index (χ3v) is 2.34. The Morgan fingerprint density at radius 3 is 2.73 bits per heavy atom. The number of esters is 2. The zero-order valence-electron chi connectivity index (χ0n) is 8.60. The summed E-state index contributed by atoms with van der Waals surface area (Å²) in [5, 5.41) is 11.9. The summed E-state index contributed by atoms with van der Waals surface area (Å²) in [5.74, 6) is -1.50. The number of hydrogen-bond acceptors (Lipinski definition) is 6. The Morgan fingerprint density at radius 2 is 2.27 bits per heavy atom. The van der Waals surface area contributed by atoms with Crippen LogP contribution < -0.4 is 11.1 Å². The van der Waals surface area contributed by atoms with Crippen molar-refractivity contribution < 1.29 is 19.4 Å². The molecule has 86 valence electrons. The van der Waals surface area contributed by atoms with Crippen molar-refractivity contribution in [3.63, 3.8) is 0 Å². The highest BCUT2D eigenvalue weighted by Gasteiger charge is 2.29. The predicted molar refractivity (Wildman–Crippen MR) is 51.8 cm³/mol. The van der Waals surface area contributed by atoms with E-state index in [-0.39, 0.29) is 0 Å². The van der Waals surface area contributed by atoms with Gasteiger partial charge < -0.3 is 20.9 Å². The first-order chi connectivity index (χ1) is 7.02. The molecule has 6 heteroatoms. The van der Waals surface area contributed by atoms with E-state index >= 15 is 0 Å². The lowest BCUT2D eigenvalue weighted by molar-refractivity contribution is -0.163. The first kappa shape index (κ1) is 12.1. The van der Waals surface area contributed by atoms with Crippen LogP contribution in [0.2, 0.25) is 0 Å². The SMILES string of the molecule is C[C@@H](O)[C@H](N)C(=O)OC(=O)[C@@H]1CCCN1. The fraction of sp³-hybridized carbons (Fsp3) is 0.778. The molecule has 3 atom stereocenters. The van der Waals surface area contributed by atoms with Gasteiger partial charge in [0.2, 0.25) is 0 Å². The molecule has 15 heavy (non-hydrogen) atoms. The second-order valence-corrected chi connectivity index (χ2v) is 3.66. The van der Waals surface area contributed by atoms with Crippen LogP contribution in [-0.2, 0) is 14.3 Å². The minimum atomic E-state index is -1.17. The first-order valence-electron chi connectivity index (χ1n) is 4.95. The van der Waals surface area contributed by atoms with Crippen molar-refractivity contribution >= 4 is 11.9 Å². The van der Waals surface area contributed by atoms with E-state index in [2.05, 4.69) is 10.1 Å². The van der Waals surface area contributed by atoms with Gasteiger partial charge in [-0.3, -0.25) is 0 Å². The normalized spacial score (nSPS) is 24.6. The van der Waals surface area contributed by atoms with Crippen molar-refractivity contribution in [2.45, 2.75) is 38.0 Å². The zero-order valence-corrected chi connectivity index (χ0v) is 8.60. The highest BCUT2D eigenvalue weighted by Crippen LogP contribution is 2.07. The van der Waals surface area contributed by atoms with Crippen LogP contribution in [0.5, 0.6) is 0 Å². The van der Waals surface area contributed by atoms with Gasteiger partial charge >= 0.3 is 11.9 Å². The lowest BCUT2D eigenvalue weighted by Crippen LogP contribution is -2.44. The van der Waals surface area contributed by atoms with Gasteiger partial charge in [-0.05, 0) is 26.3 Å². The number of aliphatic hydroxyl groups is 1. The Labute approximate surface area is 87.8 Å². The van der Waals surface area contributed by atoms with Gasteiger partial charge in [0.15, 0.2) is 0 Å². The van der Waals surface area contributed by atoms with E-state index in [0.29, 0.717) is 6.42 Å². The summed E-state index contributed by atoms with van der Waals surface area (Å²) in [6.45, 7) is 2.11. The van der Waals surface area contributed by atoms with Crippen molar-refractivity contribution in [1.29, 1.82) is 0 Å². The molecule has 1 saturated heterocycles. The molecule has 0 aromatic carbocycles. The van der Waals surface area contributed by atoms with Gasteiger partial charge in [-0.15, -0.1) is 0 Å². The summed E-state index contributed by atoms with van der Waals surface area (Å²) in [5.41, 5.74) is 5.31. The van der Waals surface area contributed by atoms with Crippen molar-refractivity contribution in [3.8, 4) is 0 Å². The molecule has 1 heterocycles. The number of nitrogens with two attached hydrogens (primary N) is 1. The zero-order chi connectivity index (χ0) is 11.4. The fourth-order valence-electron chi connectivity index (χ4n) is 1.32. The van der Waals surface area contributed by atoms with Crippen LogP contribution in [0.3, 0.4) is 0 Å². The smallest absolute Gasteiger partial charge is 0.333 e. The maximum absolute atomic E-state index is 11.3. The molecule has 4 N–H and O–H groups in total. The third-order valence-electron chi connectivity index (χ3n) is 2.34. The minimum Gasteiger partial charge on any atom is -0.391 e. The van der Waals surface area contributed by atoms with E-state index in [1.165, 1.54) is 6.92 Å². The molecule has 0 aromatic heterocycles. The quantitative estimate of drug-likeness (QED) is 0.392. The molecule has 1 rings (SSSR count). The van der Waals surface area contributed by atoms with Gasteiger partial charge in [0.25, 0.3) is 0 Å². The number of rotatable bonds is 3. The maximum atomic E-state index is 11.3. The van der Waals surface area contributed by atoms with Crippen molar-refractivity contribution in [2.24, 2.45) is 5.73 Å². The van der Waals surface area contributed by atoms with Gasteiger partial charge in [-0.1, -0.05) is 0 Å². The predicted octanol–water partition coefficient (Wildman–Crippen LogP) is -1.48. The molecule has 0 unspecified atom stereocenters. The van der Waals surface area contributed by atoms with Gasteiger partial charge in [-0.2, -0.15) is 0 Å². The molecule has 0 radical (unpaired) electrons. The molecule has 0 aromatic rings. The van der Waals surface area contributed by atoms with Crippen LogP contribution in [0.25, 0.3) is 0 Å². The average molecular weight is 216 g/mol. The van der Waals surface area contributed by atoms with Crippen molar-refractivity contribution in [3.05, 3.63) is 0 Å². The van der Waals surface area contributed by atoms with Gasteiger partial charge in [-0.25, -0.2) is 9.59 Å². The molecule has 0 amide bonds. The van der Waals surface area contributed by atoms with E-state index in [4.69, 9.17) is 10.8 Å². The lowest BCUT2D eigenvalue weighted by Gasteiger charge is -2.14. The second-order valence-electron chi connectivity index (χ2n) is 3.66. The standard InChI is InChI=1S/C9H16N2O4/c1-5(12)7(10)9(14)15-8(13)6-3-2-4-11-6/h5-7,11-12H,2-4,10H2,1H3/t5-,6+,7+/m1/s1. The lowest BCUT2D eigenvalue weighted by atomic mass is 10.2. The summed E-state index contributed by atoms with van der Waals surface area (Å²) in [7, 11) is 0. The van der Waals surface area contributed by atoms with Gasteiger partial charge in [0.05, 0.1) is 6.10 Å². The van der Waals surface area contributed by atoms with Gasteiger partial charge in [0.1, 0.15) is 12.1 Å². The van der Waals surface area contributed by atoms with Crippen LogP contribution in [0.15, 0.2) is 0 Å². The van der Waals surface area contributed by atoms with Crippen molar-refractivity contribution in [1.82, 2.24) is 5.32 Å². The molecule has 0 saturated carbocycles. The number of carbonyl (C=O) groups is 2. The van der Waals surface area contributed by atoms with E-state index < -0.39 is 30.1 Å². The van der Waals surface area contributed by atoms with Crippen LogP contribution in [0.1, 0.15) is 19.8 Å². The van der Waals surface area contributed by atoms with Crippen LogP contribution in [0.4, 0.5) is 0 Å². The van der Waals surface area contributed by atoms with E-state index in [1.54, 1.807) is 0 Å². The number of aliphatic hydroxyl groups excluding tert-OH is 1. The summed E-state index contributed by atoms with van der Waals surface area (Å²) in [6, 6.07) is -1.59. The fourth-order valence-corrected chi connectivity index (χ4v) is 1.32. The van der Waals surface area contributed by atoms with Crippen LogP contribution in [0, 0.1) is 0 Å². The molecule has 1 fully saturated rings. The summed E-state index contributed by atoms with van der Waals surface area (Å²) >= 11 is 0. The molecule has 1 aliphatic rings. The second kappa shape index (κ2) is 5.20. The maximum Gasteiger partial charge on any atom is 0.333 e. The molecule has 0 aliphatic carbocycles. The third kappa shape index (κ3) is 3.26. The summed E-state index contributed by atoms with van der Waals surface area (Å²) in [4.78, 5) is 22.5. The largest absolute Gasteiger partial charge is 0.391 e. The number of ether oxygens (including phenoxy) is 1. The Kier molecular flexibility index (Phi) is 4.19. The average Bonchev–Trinajstić information content (AvgIpc) is 2.68. The molecule has 0 bridgehead atoms. The molecule has 0 spiro atoms.